The van der Waals surface area contributed by atoms with E-state index in [2.05, 4.69) is 26.6 Å². The number of benzene rings is 2. The number of morpholine rings is 1. The average molecular weight is 506 g/mol. The summed E-state index contributed by atoms with van der Waals surface area (Å²) >= 11 is 8.72. The van der Waals surface area contributed by atoms with Gasteiger partial charge in [0.1, 0.15) is 5.75 Å². The Hall–Kier alpha value is -2.49. The van der Waals surface area contributed by atoms with E-state index in [1.54, 1.807) is 47.4 Å². The minimum atomic E-state index is -0.411. The van der Waals surface area contributed by atoms with Gasteiger partial charge in [0, 0.05) is 17.6 Å². The van der Waals surface area contributed by atoms with Gasteiger partial charge < -0.3 is 19.7 Å². The molecule has 0 radical (unpaired) electrons. The van der Waals surface area contributed by atoms with Gasteiger partial charge in [0.05, 0.1) is 36.1 Å². The van der Waals surface area contributed by atoms with Crippen molar-refractivity contribution in [2.45, 2.75) is 20.0 Å². The average Bonchev–Trinajstić information content (AvgIpc) is 2.75. The summed E-state index contributed by atoms with van der Waals surface area (Å²) < 4.78 is 11.8. The number of hydrogen-bond donors (Lipinski definition) is 2. The third kappa shape index (κ3) is 6.25. The lowest BCUT2D eigenvalue weighted by atomic mass is 10.1. The van der Waals surface area contributed by atoms with Crippen LogP contribution in [0.25, 0.3) is 0 Å². The highest BCUT2D eigenvalue weighted by molar-refractivity contribution is 9.10. The van der Waals surface area contributed by atoms with Crippen molar-refractivity contribution < 1.29 is 19.1 Å². The Kier molecular flexibility index (Phi) is 8.00. The molecule has 7 nitrogen and oxygen atoms in total. The van der Waals surface area contributed by atoms with E-state index in [0.29, 0.717) is 48.9 Å². The van der Waals surface area contributed by atoms with Crippen LogP contribution >= 0.6 is 28.1 Å². The van der Waals surface area contributed by atoms with Gasteiger partial charge >= 0.3 is 0 Å². The van der Waals surface area contributed by atoms with Gasteiger partial charge in [-0.1, -0.05) is 28.1 Å². The van der Waals surface area contributed by atoms with Crippen LogP contribution in [0.1, 0.15) is 34.6 Å². The summed E-state index contributed by atoms with van der Waals surface area (Å²) in [6.07, 6.45) is -0.0871. The molecule has 1 fully saturated rings. The molecule has 1 aliphatic heterocycles. The number of anilines is 1. The zero-order valence-corrected chi connectivity index (χ0v) is 19.7. The van der Waals surface area contributed by atoms with E-state index >= 15 is 0 Å². The lowest BCUT2D eigenvalue weighted by molar-refractivity contribution is 0.0303. The molecule has 1 saturated heterocycles. The zero-order valence-electron chi connectivity index (χ0n) is 17.3. The molecule has 0 aromatic heterocycles. The Bertz CT molecular complexity index is 977. The maximum Gasteiger partial charge on any atom is 0.261 e. The van der Waals surface area contributed by atoms with Crippen molar-refractivity contribution in [3.63, 3.8) is 0 Å². The highest BCUT2D eigenvalue weighted by Gasteiger charge is 2.22. The number of nitrogens with zero attached hydrogens (tertiary/aromatic N) is 1. The Balaban J connectivity index is 1.73. The van der Waals surface area contributed by atoms with Crippen LogP contribution in [0.5, 0.6) is 5.75 Å². The minimum Gasteiger partial charge on any atom is -0.490 e. The van der Waals surface area contributed by atoms with Crippen LogP contribution in [0.15, 0.2) is 46.9 Å². The molecule has 2 aromatic carbocycles. The fraction of sp³-hybridized carbons (Fsp3) is 0.318. The number of nitrogens with one attached hydrogen (secondary N) is 2. The summed E-state index contributed by atoms with van der Waals surface area (Å²) in [4.78, 5) is 27.5. The van der Waals surface area contributed by atoms with Crippen LogP contribution in [-0.4, -0.2) is 54.2 Å². The van der Waals surface area contributed by atoms with E-state index in [4.69, 9.17) is 21.7 Å². The quantitative estimate of drug-likeness (QED) is 0.601. The summed E-state index contributed by atoms with van der Waals surface area (Å²) in [5.74, 6) is -0.0621. The number of carbonyl (C=O) groups is 2. The van der Waals surface area contributed by atoms with E-state index in [1.807, 2.05) is 13.8 Å². The van der Waals surface area contributed by atoms with Crippen LogP contribution in [0.4, 0.5) is 5.69 Å². The maximum absolute atomic E-state index is 12.9. The van der Waals surface area contributed by atoms with E-state index in [1.165, 1.54) is 0 Å². The van der Waals surface area contributed by atoms with Crippen LogP contribution in [0.2, 0.25) is 0 Å². The number of ether oxygens (including phenoxy) is 2. The van der Waals surface area contributed by atoms with Gasteiger partial charge in [-0.25, -0.2) is 0 Å². The fourth-order valence-corrected chi connectivity index (χ4v) is 3.64. The van der Waals surface area contributed by atoms with Crippen molar-refractivity contribution in [1.29, 1.82) is 0 Å². The largest absolute Gasteiger partial charge is 0.490 e. The van der Waals surface area contributed by atoms with Crippen molar-refractivity contribution >= 4 is 50.8 Å². The van der Waals surface area contributed by atoms with Gasteiger partial charge in [-0.15, -0.1) is 0 Å². The van der Waals surface area contributed by atoms with E-state index < -0.39 is 5.91 Å². The van der Waals surface area contributed by atoms with Crippen LogP contribution in [0, 0.1) is 0 Å². The van der Waals surface area contributed by atoms with Gasteiger partial charge in [-0.2, -0.15) is 0 Å². The smallest absolute Gasteiger partial charge is 0.261 e. The Labute approximate surface area is 195 Å². The first-order valence-corrected chi connectivity index (χ1v) is 11.1. The second-order valence-corrected chi connectivity index (χ2v) is 8.49. The number of para-hydroxylation sites is 1. The van der Waals surface area contributed by atoms with Crippen molar-refractivity contribution in [3.8, 4) is 5.75 Å². The number of hydrogen-bond acceptors (Lipinski definition) is 5. The molecule has 0 bridgehead atoms. The third-order valence-corrected chi connectivity index (χ3v) is 5.18. The zero-order chi connectivity index (χ0) is 22.4. The van der Waals surface area contributed by atoms with E-state index in [9.17, 15) is 9.59 Å². The first kappa shape index (κ1) is 23.2. The van der Waals surface area contributed by atoms with Gasteiger partial charge in [-0.05, 0) is 56.4 Å². The summed E-state index contributed by atoms with van der Waals surface area (Å²) in [5, 5.41) is 5.73. The number of amides is 2. The topological polar surface area (TPSA) is 79.9 Å². The van der Waals surface area contributed by atoms with E-state index in [0.717, 1.165) is 4.47 Å². The first-order chi connectivity index (χ1) is 14.8. The van der Waals surface area contributed by atoms with Crippen LogP contribution < -0.4 is 15.4 Å². The molecule has 3 rings (SSSR count). The normalized spacial score (nSPS) is 13.6. The molecule has 1 heterocycles. The Morgan fingerprint density at radius 2 is 1.84 bits per heavy atom. The Morgan fingerprint density at radius 3 is 2.55 bits per heavy atom. The van der Waals surface area contributed by atoms with Crippen molar-refractivity contribution in [3.05, 3.63) is 58.1 Å². The van der Waals surface area contributed by atoms with Crippen molar-refractivity contribution in [2.24, 2.45) is 0 Å². The number of halogens is 1. The predicted molar refractivity (Wildman–Crippen MR) is 127 cm³/mol. The second kappa shape index (κ2) is 10.7. The summed E-state index contributed by atoms with van der Waals surface area (Å²) in [7, 11) is 0. The molecule has 0 aliphatic carbocycles. The van der Waals surface area contributed by atoms with Crippen molar-refractivity contribution in [2.75, 3.05) is 31.6 Å². The van der Waals surface area contributed by atoms with Crippen LogP contribution in [-0.2, 0) is 4.74 Å². The monoisotopic (exact) mass is 505 g/mol. The first-order valence-electron chi connectivity index (χ1n) is 9.89. The molecular weight excluding hydrogens is 482 g/mol. The van der Waals surface area contributed by atoms with Crippen molar-refractivity contribution in [1.82, 2.24) is 10.2 Å². The van der Waals surface area contributed by atoms with Gasteiger partial charge in [0.25, 0.3) is 11.8 Å². The molecule has 9 heteroatoms. The third-order valence-electron chi connectivity index (χ3n) is 4.48. The van der Waals surface area contributed by atoms with Gasteiger partial charge in [-0.3, -0.25) is 14.9 Å². The standard InChI is InChI=1S/C22H24BrN3O4S/c1-14(2)30-19-8-7-15(23)13-17(19)20(27)25-22(31)24-18-6-4-3-5-16(18)21(28)26-9-11-29-12-10-26/h3-8,13-14H,9-12H2,1-2H3,(H2,24,25,27,31). The molecule has 2 amide bonds. The lowest BCUT2D eigenvalue weighted by Gasteiger charge is -2.27. The fourth-order valence-electron chi connectivity index (χ4n) is 3.08. The summed E-state index contributed by atoms with van der Waals surface area (Å²) in [6, 6.07) is 12.3. The highest BCUT2D eigenvalue weighted by Crippen LogP contribution is 2.24. The number of rotatable bonds is 5. The molecule has 0 saturated carbocycles. The minimum absolute atomic E-state index is 0.0858. The van der Waals surface area contributed by atoms with Gasteiger partial charge in [0.15, 0.2) is 5.11 Å². The SMILES string of the molecule is CC(C)Oc1ccc(Br)cc1C(=O)NC(=S)Nc1ccccc1C(=O)N1CCOCC1. The molecular formula is C22H24BrN3O4S. The molecule has 0 unspecified atom stereocenters. The highest BCUT2D eigenvalue weighted by atomic mass is 79.9. The Morgan fingerprint density at radius 1 is 1.13 bits per heavy atom. The molecule has 2 N–H and O–H groups in total. The molecule has 31 heavy (non-hydrogen) atoms. The summed E-state index contributed by atoms with van der Waals surface area (Å²) in [5.41, 5.74) is 1.36. The molecule has 164 valence electrons. The van der Waals surface area contributed by atoms with Crippen LogP contribution in [0.3, 0.4) is 0 Å². The predicted octanol–water partition coefficient (Wildman–Crippen LogP) is 3.84. The summed E-state index contributed by atoms with van der Waals surface area (Å²) in [6.45, 7) is 5.88. The number of thiocarbonyl (C=S) groups is 1. The second-order valence-electron chi connectivity index (χ2n) is 7.17. The molecule has 1 aliphatic rings. The molecule has 0 spiro atoms. The van der Waals surface area contributed by atoms with Gasteiger partial charge in [0.2, 0.25) is 0 Å². The molecule has 0 atom stereocenters. The lowest BCUT2D eigenvalue weighted by Crippen LogP contribution is -2.41. The molecule has 2 aromatic rings. The maximum atomic E-state index is 12.9. The van der Waals surface area contributed by atoms with E-state index in [-0.39, 0.29) is 17.1 Å². The number of carbonyl (C=O) groups excluding carboxylic acids is 2.